The van der Waals surface area contributed by atoms with Crippen molar-refractivity contribution in [2.75, 3.05) is 0 Å². The lowest BCUT2D eigenvalue weighted by Gasteiger charge is -2.05. The van der Waals surface area contributed by atoms with Crippen LogP contribution in [0, 0.1) is 11.8 Å². The average molecular weight is 302 g/mol. The van der Waals surface area contributed by atoms with Crippen LogP contribution in [-0.2, 0) is 9.59 Å². The maximum Gasteiger partial charge on any atom is 0.335 e. The molecule has 4 heteroatoms. The zero-order chi connectivity index (χ0) is 16.5. The molecule has 0 N–H and O–H groups in total. The molecule has 0 fully saturated rings. The zero-order valence-electron chi connectivity index (χ0n) is 13.4. The normalized spacial score (nSPS) is 11.5. The molecule has 1 aromatic carbocycles. The van der Waals surface area contributed by atoms with Crippen LogP contribution in [0.4, 0.5) is 0 Å². The van der Waals surface area contributed by atoms with E-state index in [1.807, 2.05) is 27.7 Å². The van der Waals surface area contributed by atoms with Crippen molar-refractivity contribution in [3.8, 4) is 11.5 Å². The maximum absolute atomic E-state index is 11.6. The van der Waals surface area contributed by atoms with Crippen molar-refractivity contribution in [1.82, 2.24) is 0 Å². The van der Waals surface area contributed by atoms with Gasteiger partial charge in [0.15, 0.2) is 0 Å². The van der Waals surface area contributed by atoms with Crippen molar-refractivity contribution in [2.45, 2.75) is 27.7 Å². The van der Waals surface area contributed by atoms with E-state index in [2.05, 4.69) is 0 Å². The first-order valence-corrected chi connectivity index (χ1v) is 7.27. The molecule has 22 heavy (non-hydrogen) atoms. The molecule has 0 aliphatic carbocycles. The van der Waals surface area contributed by atoms with Crippen LogP contribution in [0.1, 0.15) is 27.7 Å². The van der Waals surface area contributed by atoms with Gasteiger partial charge >= 0.3 is 11.9 Å². The fourth-order valence-electron chi connectivity index (χ4n) is 1.44. The fraction of sp³-hybridized carbons (Fsp3) is 0.333. The Balaban J connectivity index is 2.66. The van der Waals surface area contributed by atoms with E-state index in [1.165, 1.54) is 18.2 Å². The summed E-state index contributed by atoms with van der Waals surface area (Å²) in [6.45, 7) is 7.87. The van der Waals surface area contributed by atoms with Gasteiger partial charge in [-0.15, -0.1) is 0 Å². The van der Waals surface area contributed by atoms with E-state index in [1.54, 1.807) is 30.4 Å². The van der Waals surface area contributed by atoms with Gasteiger partial charge in [-0.05, 0) is 24.0 Å². The third-order valence-corrected chi connectivity index (χ3v) is 2.48. The Kier molecular flexibility index (Phi) is 7.09. The number of hydrogen-bond donors (Lipinski definition) is 0. The van der Waals surface area contributed by atoms with Gasteiger partial charge in [-0.25, -0.2) is 9.59 Å². The van der Waals surface area contributed by atoms with E-state index < -0.39 is 11.9 Å². The Labute approximate surface area is 131 Å². The highest BCUT2D eigenvalue weighted by Crippen LogP contribution is 2.20. The third-order valence-electron chi connectivity index (χ3n) is 2.48. The minimum Gasteiger partial charge on any atom is -0.423 e. The summed E-state index contributed by atoms with van der Waals surface area (Å²) in [5, 5.41) is 0. The second kappa shape index (κ2) is 8.82. The molecule has 0 saturated heterocycles. The van der Waals surface area contributed by atoms with Gasteiger partial charge in [-0.2, -0.15) is 0 Å². The van der Waals surface area contributed by atoms with Gasteiger partial charge in [0.1, 0.15) is 11.5 Å². The van der Waals surface area contributed by atoms with Gasteiger partial charge in [0.05, 0.1) is 0 Å². The number of carbonyl (C=O) groups is 2. The first kappa shape index (κ1) is 17.7. The molecule has 0 saturated carbocycles. The van der Waals surface area contributed by atoms with Gasteiger partial charge in [0, 0.05) is 18.2 Å². The standard InChI is InChI=1S/C18H22O4/c1-13(2)8-10-17(19)21-15-6-5-7-16(12-15)22-18(20)11-9-14(3)4/h5-14H,1-4H3. The summed E-state index contributed by atoms with van der Waals surface area (Å²) in [5.41, 5.74) is 0. The number of carbonyl (C=O) groups excluding carboxylic acids is 2. The van der Waals surface area contributed by atoms with Crippen molar-refractivity contribution < 1.29 is 19.1 Å². The lowest BCUT2D eigenvalue weighted by Crippen LogP contribution is -2.06. The number of benzene rings is 1. The largest absolute Gasteiger partial charge is 0.423 e. The van der Waals surface area contributed by atoms with Crippen LogP contribution in [0.2, 0.25) is 0 Å². The molecule has 4 nitrogen and oxygen atoms in total. The minimum atomic E-state index is -0.461. The van der Waals surface area contributed by atoms with Crippen molar-refractivity contribution >= 4 is 11.9 Å². The molecule has 0 spiro atoms. The molecule has 1 rings (SSSR count). The number of rotatable bonds is 6. The van der Waals surface area contributed by atoms with E-state index in [0.717, 1.165) is 0 Å². The van der Waals surface area contributed by atoms with E-state index >= 15 is 0 Å². The summed E-state index contributed by atoms with van der Waals surface area (Å²) in [6.07, 6.45) is 6.27. The monoisotopic (exact) mass is 302 g/mol. The molecule has 1 aromatic rings. The summed E-state index contributed by atoms with van der Waals surface area (Å²) in [4.78, 5) is 23.2. The topological polar surface area (TPSA) is 52.6 Å². The SMILES string of the molecule is CC(C)C=CC(=O)Oc1cccc(OC(=O)C=CC(C)C)c1. The van der Waals surface area contributed by atoms with Crippen LogP contribution in [0.3, 0.4) is 0 Å². The lowest BCUT2D eigenvalue weighted by molar-refractivity contribution is -0.129. The molecule has 0 amide bonds. The van der Waals surface area contributed by atoms with Crippen LogP contribution in [0.5, 0.6) is 11.5 Å². The fourth-order valence-corrected chi connectivity index (χ4v) is 1.44. The number of ether oxygens (including phenoxy) is 2. The molecule has 0 aromatic heterocycles. The molecular weight excluding hydrogens is 280 g/mol. The predicted octanol–water partition coefficient (Wildman–Crippen LogP) is 3.92. The molecule has 0 aliphatic heterocycles. The number of esters is 2. The van der Waals surface area contributed by atoms with Gasteiger partial charge in [0.25, 0.3) is 0 Å². The third kappa shape index (κ3) is 7.43. The zero-order valence-corrected chi connectivity index (χ0v) is 13.4. The Bertz CT molecular complexity index is 521. The first-order chi connectivity index (χ1) is 10.4. The summed E-state index contributed by atoms with van der Waals surface area (Å²) < 4.78 is 10.3. The van der Waals surface area contributed by atoms with Crippen molar-refractivity contribution in [3.05, 3.63) is 48.6 Å². The van der Waals surface area contributed by atoms with E-state index in [4.69, 9.17) is 9.47 Å². The van der Waals surface area contributed by atoms with Gasteiger partial charge < -0.3 is 9.47 Å². The van der Waals surface area contributed by atoms with Crippen LogP contribution in [0.15, 0.2) is 48.6 Å². The van der Waals surface area contributed by atoms with Crippen LogP contribution < -0.4 is 9.47 Å². The summed E-state index contributed by atoms with van der Waals surface area (Å²) >= 11 is 0. The molecule has 0 atom stereocenters. The Hall–Kier alpha value is -2.36. The molecule has 0 heterocycles. The van der Waals surface area contributed by atoms with Crippen LogP contribution in [0.25, 0.3) is 0 Å². The second-order valence-corrected chi connectivity index (χ2v) is 5.52. The highest BCUT2D eigenvalue weighted by Gasteiger charge is 2.05. The summed E-state index contributed by atoms with van der Waals surface area (Å²) in [6, 6.07) is 6.41. The molecule has 0 unspecified atom stereocenters. The Morgan fingerprint density at radius 1 is 0.864 bits per heavy atom. The van der Waals surface area contributed by atoms with Crippen LogP contribution in [-0.4, -0.2) is 11.9 Å². The predicted molar refractivity (Wildman–Crippen MR) is 85.7 cm³/mol. The average Bonchev–Trinajstić information content (AvgIpc) is 2.43. The summed E-state index contributed by atoms with van der Waals surface area (Å²) in [7, 11) is 0. The van der Waals surface area contributed by atoms with Crippen molar-refractivity contribution in [2.24, 2.45) is 11.8 Å². The van der Waals surface area contributed by atoms with Crippen molar-refractivity contribution in [3.63, 3.8) is 0 Å². The molecule has 0 bridgehead atoms. The van der Waals surface area contributed by atoms with E-state index in [9.17, 15) is 9.59 Å². The second-order valence-electron chi connectivity index (χ2n) is 5.52. The molecule has 0 radical (unpaired) electrons. The Morgan fingerprint density at radius 2 is 1.27 bits per heavy atom. The molecular formula is C18H22O4. The maximum atomic E-state index is 11.6. The molecule has 0 aliphatic rings. The van der Waals surface area contributed by atoms with Crippen molar-refractivity contribution in [1.29, 1.82) is 0 Å². The van der Waals surface area contributed by atoms with E-state index in [0.29, 0.717) is 11.5 Å². The lowest BCUT2D eigenvalue weighted by atomic mass is 10.2. The van der Waals surface area contributed by atoms with Gasteiger partial charge in [-0.3, -0.25) is 0 Å². The van der Waals surface area contributed by atoms with E-state index in [-0.39, 0.29) is 11.8 Å². The van der Waals surface area contributed by atoms with Gasteiger partial charge in [-0.1, -0.05) is 45.9 Å². The highest BCUT2D eigenvalue weighted by atomic mass is 16.5. The summed E-state index contributed by atoms with van der Waals surface area (Å²) in [5.74, 6) is 0.280. The smallest absolute Gasteiger partial charge is 0.335 e. The number of allylic oxidation sites excluding steroid dienone is 2. The number of hydrogen-bond acceptors (Lipinski definition) is 4. The highest BCUT2D eigenvalue weighted by molar-refractivity contribution is 5.85. The Morgan fingerprint density at radius 3 is 1.64 bits per heavy atom. The minimum absolute atomic E-state index is 0.271. The van der Waals surface area contributed by atoms with Crippen LogP contribution >= 0.6 is 0 Å². The van der Waals surface area contributed by atoms with Gasteiger partial charge in [0.2, 0.25) is 0 Å². The molecule has 118 valence electrons. The first-order valence-electron chi connectivity index (χ1n) is 7.27. The quantitative estimate of drug-likeness (QED) is 0.454.